The second-order valence-electron chi connectivity index (χ2n) is 8.02. The Labute approximate surface area is 190 Å². The molecule has 0 spiro atoms. The van der Waals surface area contributed by atoms with Gasteiger partial charge in [0.05, 0.1) is 23.1 Å². The number of methoxy groups -OCH3 is 1. The van der Waals surface area contributed by atoms with E-state index in [2.05, 4.69) is 4.98 Å². The fourth-order valence-electron chi connectivity index (χ4n) is 4.19. The molecule has 8 nitrogen and oxygen atoms in total. The number of rotatable bonds is 5. The Kier molecular flexibility index (Phi) is 5.30. The highest BCUT2D eigenvalue weighted by molar-refractivity contribution is 7.89. The number of aromatic nitrogens is 1. The fourth-order valence-corrected chi connectivity index (χ4v) is 5.73. The summed E-state index contributed by atoms with van der Waals surface area (Å²) in [6.45, 7) is 0.945. The van der Waals surface area contributed by atoms with Crippen LogP contribution in [-0.2, 0) is 10.0 Å². The van der Waals surface area contributed by atoms with Crippen LogP contribution in [0.1, 0.15) is 29.6 Å². The number of carboxylic acids is 1. The second-order valence-corrected chi connectivity index (χ2v) is 9.96. The number of sulfonamides is 1. The molecule has 0 aliphatic carbocycles. The second kappa shape index (κ2) is 8.17. The molecule has 0 unspecified atom stereocenters. The average Bonchev–Trinajstić information content (AvgIpc) is 3.26. The van der Waals surface area contributed by atoms with E-state index >= 15 is 0 Å². The number of carboxylic acid groups (broad SMARTS) is 1. The predicted octanol–water partition coefficient (Wildman–Crippen LogP) is 4.53. The molecule has 1 fully saturated rings. The van der Waals surface area contributed by atoms with Gasteiger partial charge >= 0.3 is 5.97 Å². The van der Waals surface area contributed by atoms with Gasteiger partial charge in [-0.15, -0.1) is 0 Å². The lowest BCUT2D eigenvalue weighted by Gasteiger charge is -2.26. The van der Waals surface area contributed by atoms with Crippen LogP contribution in [0.15, 0.2) is 57.8 Å². The lowest BCUT2D eigenvalue weighted by molar-refractivity contribution is 0.0699. The molecule has 1 N–H and O–H groups in total. The number of piperidine rings is 1. The minimum atomic E-state index is -3.70. The maximum Gasteiger partial charge on any atom is 0.336 e. The van der Waals surface area contributed by atoms with E-state index < -0.39 is 16.0 Å². The SMILES string of the molecule is COc1ccc2cc(-c3cc(C(=O)O)c4cc(S(=O)(=O)N5CCCCC5)ccc4n3)oc2c1. The van der Waals surface area contributed by atoms with Crippen molar-refractivity contribution < 1.29 is 27.5 Å². The molecular formula is C24H22N2O6S. The molecule has 9 heteroatoms. The number of hydrogen-bond donors (Lipinski definition) is 1. The van der Waals surface area contributed by atoms with Gasteiger partial charge in [0.2, 0.25) is 10.0 Å². The van der Waals surface area contributed by atoms with E-state index in [4.69, 9.17) is 9.15 Å². The Bertz CT molecular complexity index is 1490. The van der Waals surface area contributed by atoms with Crippen LogP contribution in [0.3, 0.4) is 0 Å². The van der Waals surface area contributed by atoms with Crippen molar-refractivity contribution in [2.24, 2.45) is 0 Å². The maximum absolute atomic E-state index is 13.1. The standard InChI is InChI=1S/C24H22N2O6S/c1-31-16-6-5-15-11-23(32-22(15)12-16)21-14-19(24(27)28)18-13-17(7-8-20(18)25-21)33(29,30)26-9-3-2-4-10-26/h5-8,11-14H,2-4,9-10H2,1H3,(H,27,28). The van der Waals surface area contributed by atoms with E-state index in [1.807, 2.05) is 12.1 Å². The van der Waals surface area contributed by atoms with Crippen LogP contribution in [0.5, 0.6) is 5.75 Å². The van der Waals surface area contributed by atoms with Crippen molar-refractivity contribution in [2.45, 2.75) is 24.2 Å². The number of benzene rings is 2. The minimum Gasteiger partial charge on any atom is -0.497 e. The zero-order valence-corrected chi connectivity index (χ0v) is 18.8. The van der Waals surface area contributed by atoms with E-state index in [0.717, 1.165) is 24.6 Å². The predicted molar refractivity (Wildman–Crippen MR) is 123 cm³/mol. The van der Waals surface area contributed by atoms with Gasteiger partial charge in [-0.2, -0.15) is 4.31 Å². The smallest absolute Gasteiger partial charge is 0.336 e. The third-order valence-corrected chi connectivity index (χ3v) is 7.84. The van der Waals surface area contributed by atoms with Crippen molar-refractivity contribution in [2.75, 3.05) is 20.2 Å². The van der Waals surface area contributed by atoms with Gasteiger partial charge in [-0.25, -0.2) is 18.2 Å². The summed E-state index contributed by atoms with van der Waals surface area (Å²) in [5.74, 6) is -0.120. The molecule has 0 amide bonds. The first-order chi connectivity index (χ1) is 15.9. The summed E-state index contributed by atoms with van der Waals surface area (Å²) in [6.07, 6.45) is 2.65. The molecule has 0 saturated carbocycles. The number of ether oxygens (including phenoxy) is 1. The summed E-state index contributed by atoms with van der Waals surface area (Å²) in [5, 5.41) is 11.0. The van der Waals surface area contributed by atoms with Gasteiger partial charge in [-0.1, -0.05) is 6.42 Å². The summed E-state index contributed by atoms with van der Waals surface area (Å²) in [4.78, 5) is 16.7. The maximum atomic E-state index is 13.1. The monoisotopic (exact) mass is 466 g/mol. The van der Waals surface area contributed by atoms with Gasteiger partial charge in [-0.3, -0.25) is 0 Å². The zero-order valence-electron chi connectivity index (χ0n) is 17.9. The Balaban J connectivity index is 1.62. The quantitative estimate of drug-likeness (QED) is 0.460. The van der Waals surface area contributed by atoms with E-state index in [1.165, 1.54) is 22.5 Å². The first-order valence-corrected chi connectivity index (χ1v) is 12.1. The van der Waals surface area contributed by atoms with E-state index in [-0.39, 0.29) is 15.8 Å². The van der Waals surface area contributed by atoms with Crippen molar-refractivity contribution in [1.29, 1.82) is 0 Å². The number of aromatic carboxylic acids is 1. The highest BCUT2D eigenvalue weighted by Gasteiger charge is 2.27. The Morgan fingerprint density at radius 3 is 2.58 bits per heavy atom. The van der Waals surface area contributed by atoms with E-state index in [9.17, 15) is 18.3 Å². The van der Waals surface area contributed by atoms with Gasteiger partial charge in [0.15, 0.2) is 5.76 Å². The fraction of sp³-hybridized carbons (Fsp3) is 0.250. The number of furan rings is 1. The lowest BCUT2D eigenvalue weighted by Crippen LogP contribution is -2.35. The van der Waals surface area contributed by atoms with E-state index in [0.29, 0.717) is 41.4 Å². The van der Waals surface area contributed by atoms with Crippen molar-refractivity contribution in [3.8, 4) is 17.2 Å². The first-order valence-electron chi connectivity index (χ1n) is 10.6. The minimum absolute atomic E-state index is 0.0382. The van der Waals surface area contributed by atoms with Gasteiger partial charge in [0.25, 0.3) is 0 Å². The number of hydrogen-bond acceptors (Lipinski definition) is 6. The number of carbonyl (C=O) groups is 1. The molecule has 2 aromatic carbocycles. The molecule has 33 heavy (non-hydrogen) atoms. The Morgan fingerprint density at radius 1 is 1.06 bits per heavy atom. The summed E-state index contributed by atoms with van der Waals surface area (Å²) in [5.41, 5.74) is 1.28. The van der Waals surface area contributed by atoms with Crippen molar-refractivity contribution >= 4 is 37.9 Å². The van der Waals surface area contributed by atoms with Crippen LogP contribution in [0, 0.1) is 0 Å². The molecule has 170 valence electrons. The van der Waals surface area contributed by atoms with Crippen molar-refractivity contribution in [3.05, 3.63) is 54.1 Å². The third-order valence-electron chi connectivity index (χ3n) is 5.94. The normalized spacial score (nSPS) is 15.2. The average molecular weight is 467 g/mol. The Morgan fingerprint density at radius 2 is 1.85 bits per heavy atom. The van der Waals surface area contributed by atoms with Crippen LogP contribution in [0.25, 0.3) is 33.3 Å². The van der Waals surface area contributed by atoms with Crippen LogP contribution < -0.4 is 4.74 Å². The summed E-state index contributed by atoms with van der Waals surface area (Å²) >= 11 is 0. The first kappa shape index (κ1) is 21.4. The largest absolute Gasteiger partial charge is 0.497 e. The molecule has 5 rings (SSSR count). The van der Waals surface area contributed by atoms with Crippen LogP contribution in [0.4, 0.5) is 0 Å². The van der Waals surface area contributed by atoms with Gasteiger partial charge in [0.1, 0.15) is 17.0 Å². The van der Waals surface area contributed by atoms with Crippen LogP contribution in [0.2, 0.25) is 0 Å². The molecule has 4 aromatic rings. The molecule has 3 heterocycles. The number of fused-ring (bicyclic) bond motifs is 2. The summed E-state index contributed by atoms with van der Waals surface area (Å²) in [6, 6.07) is 13.0. The molecule has 1 aliphatic heterocycles. The third kappa shape index (κ3) is 3.83. The number of pyridine rings is 1. The molecule has 1 saturated heterocycles. The molecule has 1 aliphatic rings. The van der Waals surface area contributed by atoms with E-state index in [1.54, 1.807) is 25.3 Å². The van der Waals surface area contributed by atoms with Gasteiger partial charge in [-0.05, 0) is 55.3 Å². The highest BCUT2D eigenvalue weighted by Crippen LogP contribution is 2.33. The topological polar surface area (TPSA) is 110 Å². The molecule has 0 atom stereocenters. The number of nitrogens with zero attached hydrogens (tertiary/aromatic N) is 2. The van der Waals surface area contributed by atoms with Crippen LogP contribution in [-0.4, -0.2) is 49.0 Å². The van der Waals surface area contributed by atoms with Gasteiger partial charge < -0.3 is 14.3 Å². The lowest BCUT2D eigenvalue weighted by atomic mass is 10.1. The van der Waals surface area contributed by atoms with Gasteiger partial charge in [0, 0.05) is 29.9 Å². The summed E-state index contributed by atoms with van der Waals surface area (Å²) in [7, 11) is -2.14. The van der Waals surface area contributed by atoms with Crippen molar-refractivity contribution in [1.82, 2.24) is 9.29 Å². The Hall–Kier alpha value is -3.43. The van der Waals surface area contributed by atoms with Crippen molar-refractivity contribution in [3.63, 3.8) is 0 Å². The zero-order chi connectivity index (χ0) is 23.2. The summed E-state index contributed by atoms with van der Waals surface area (Å²) < 4.78 is 38.8. The molecule has 0 radical (unpaired) electrons. The van der Waals surface area contributed by atoms with Crippen LogP contribution >= 0.6 is 0 Å². The molecule has 2 aromatic heterocycles. The molecular weight excluding hydrogens is 444 g/mol. The highest BCUT2D eigenvalue weighted by atomic mass is 32.2. The molecule has 0 bridgehead atoms.